The average molecular weight is 289 g/mol. The van der Waals surface area contributed by atoms with Gasteiger partial charge in [0.05, 0.1) is 5.69 Å². The highest BCUT2D eigenvalue weighted by atomic mass is 35.5. The van der Waals surface area contributed by atoms with Crippen LogP contribution in [0.4, 0.5) is 11.4 Å². The number of thioether (sulfide) groups is 1. The van der Waals surface area contributed by atoms with Gasteiger partial charge < -0.3 is 4.90 Å². The molecule has 0 N–H and O–H groups in total. The summed E-state index contributed by atoms with van der Waals surface area (Å²) in [5.74, 6) is 1.05. The van der Waals surface area contributed by atoms with E-state index in [0.717, 1.165) is 33.9 Å². The normalized spacial score (nSPS) is 17.1. The van der Waals surface area contributed by atoms with Crippen molar-refractivity contribution in [2.75, 3.05) is 17.2 Å². The zero-order chi connectivity index (χ0) is 13.1. The van der Waals surface area contributed by atoms with Crippen molar-refractivity contribution in [2.45, 2.75) is 0 Å². The van der Waals surface area contributed by atoms with Crippen molar-refractivity contribution < 1.29 is 0 Å². The van der Waals surface area contributed by atoms with Crippen LogP contribution in [0.25, 0.3) is 0 Å². The second-order valence-electron chi connectivity index (χ2n) is 4.21. The van der Waals surface area contributed by atoms with Gasteiger partial charge in [0.1, 0.15) is 0 Å². The number of hydrogen-bond acceptors (Lipinski definition) is 2. The SMILES string of the molecule is Clc1cccc(N2CCSC2=Nc2ccccc2)c1. The van der Waals surface area contributed by atoms with Crippen LogP contribution < -0.4 is 4.90 Å². The van der Waals surface area contributed by atoms with Crippen molar-refractivity contribution in [3.05, 3.63) is 59.6 Å². The molecule has 0 aliphatic carbocycles. The van der Waals surface area contributed by atoms with Gasteiger partial charge in [-0.3, -0.25) is 0 Å². The molecule has 1 fully saturated rings. The monoisotopic (exact) mass is 288 g/mol. The Labute approximate surface area is 122 Å². The van der Waals surface area contributed by atoms with E-state index >= 15 is 0 Å². The maximum absolute atomic E-state index is 6.06. The fourth-order valence-corrected chi connectivity index (χ4v) is 3.15. The Kier molecular flexibility index (Phi) is 3.76. The third-order valence-electron chi connectivity index (χ3n) is 2.88. The number of amidine groups is 1. The number of aliphatic imine (C=N–C) groups is 1. The number of nitrogens with zero attached hydrogens (tertiary/aromatic N) is 2. The summed E-state index contributed by atoms with van der Waals surface area (Å²) in [6.07, 6.45) is 0. The maximum atomic E-state index is 6.06. The van der Waals surface area contributed by atoms with Crippen LogP contribution in [0.5, 0.6) is 0 Å². The molecule has 4 heteroatoms. The van der Waals surface area contributed by atoms with Crippen molar-refractivity contribution in [3.8, 4) is 0 Å². The molecule has 1 aliphatic rings. The van der Waals surface area contributed by atoms with Gasteiger partial charge in [0.2, 0.25) is 0 Å². The summed E-state index contributed by atoms with van der Waals surface area (Å²) in [5.41, 5.74) is 2.09. The van der Waals surface area contributed by atoms with E-state index in [1.807, 2.05) is 48.5 Å². The zero-order valence-electron chi connectivity index (χ0n) is 10.3. The lowest BCUT2D eigenvalue weighted by Gasteiger charge is -2.18. The third-order valence-corrected chi connectivity index (χ3v) is 4.07. The summed E-state index contributed by atoms with van der Waals surface area (Å²) < 4.78 is 0. The van der Waals surface area contributed by atoms with Crippen molar-refractivity contribution in [2.24, 2.45) is 4.99 Å². The summed E-state index contributed by atoms with van der Waals surface area (Å²) in [6, 6.07) is 17.9. The first kappa shape index (κ1) is 12.6. The maximum Gasteiger partial charge on any atom is 0.168 e. The van der Waals surface area contributed by atoms with E-state index in [1.165, 1.54) is 0 Å². The minimum Gasteiger partial charge on any atom is -0.320 e. The Balaban J connectivity index is 1.92. The Morgan fingerprint density at radius 1 is 1.05 bits per heavy atom. The molecule has 0 saturated carbocycles. The molecule has 0 atom stereocenters. The molecule has 0 amide bonds. The molecule has 0 bridgehead atoms. The molecule has 0 spiro atoms. The summed E-state index contributed by atoms with van der Waals surface area (Å²) in [6.45, 7) is 0.969. The zero-order valence-corrected chi connectivity index (χ0v) is 11.9. The number of benzene rings is 2. The minimum absolute atomic E-state index is 0.758. The van der Waals surface area contributed by atoms with E-state index in [0.29, 0.717) is 0 Å². The number of halogens is 1. The van der Waals surface area contributed by atoms with Crippen LogP contribution in [0.1, 0.15) is 0 Å². The molecule has 1 heterocycles. The highest BCUT2D eigenvalue weighted by Gasteiger charge is 2.21. The molecule has 2 nitrogen and oxygen atoms in total. The van der Waals surface area contributed by atoms with Crippen LogP contribution in [0.15, 0.2) is 59.6 Å². The van der Waals surface area contributed by atoms with Crippen LogP contribution in [-0.2, 0) is 0 Å². The van der Waals surface area contributed by atoms with E-state index in [4.69, 9.17) is 16.6 Å². The van der Waals surface area contributed by atoms with Gasteiger partial charge in [0, 0.05) is 23.0 Å². The molecule has 1 saturated heterocycles. The predicted molar refractivity (Wildman–Crippen MR) is 84.8 cm³/mol. The molecule has 19 heavy (non-hydrogen) atoms. The fourth-order valence-electron chi connectivity index (χ4n) is 1.99. The van der Waals surface area contributed by atoms with Gasteiger partial charge in [0.15, 0.2) is 5.17 Å². The second-order valence-corrected chi connectivity index (χ2v) is 5.71. The van der Waals surface area contributed by atoms with E-state index in [9.17, 15) is 0 Å². The summed E-state index contributed by atoms with van der Waals surface area (Å²) in [7, 11) is 0. The number of rotatable bonds is 2. The van der Waals surface area contributed by atoms with Crippen molar-refractivity contribution >= 4 is 39.9 Å². The Bertz CT molecular complexity index is 598. The molecule has 3 rings (SSSR count). The van der Waals surface area contributed by atoms with Crippen molar-refractivity contribution in [1.29, 1.82) is 0 Å². The van der Waals surface area contributed by atoms with Gasteiger partial charge in [0.25, 0.3) is 0 Å². The molecule has 96 valence electrons. The summed E-state index contributed by atoms with van der Waals surface area (Å²) in [4.78, 5) is 6.92. The van der Waals surface area contributed by atoms with E-state index in [2.05, 4.69) is 11.0 Å². The van der Waals surface area contributed by atoms with E-state index in [1.54, 1.807) is 11.8 Å². The molecule has 2 aromatic carbocycles. The van der Waals surface area contributed by atoms with Crippen LogP contribution >= 0.6 is 23.4 Å². The van der Waals surface area contributed by atoms with Gasteiger partial charge in [-0.2, -0.15) is 0 Å². The summed E-state index contributed by atoms with van der Waals surface area (Å²) in [5, 5.41) is 1.79. The number of hydrogen-bond donors (Lipinski definition) is 0. The quantitative estimate of drug-likeness (QED) is 0.804. The smallest absolute Gasteiger partial charge is 0.168 e. The lowest BCUT2D eigenvalue weighted by atomic mass is 10.3. The third kappa shape index (κ3) is 2.94. The topological polar surface area (TPSA) is 15.6 Å². The van der Waals surface area contributed by atoms with Gasteiger partial charge in [-0.1, -0.05) is 47.6 Å². The van der Waals surface area contributed by atoms with Gasteiger partial charge >= 0.3 is 0 Å². The Morgan fingerprint density at radius 2 is 1.89 bits per heavy atom. The molecular weight excluding hydrogens is 276 g/mol. The first-order chi connectivity index (χ1) is 9.33. The molecule has 0 unspecified atom stereocenters. The number of anilines is 1. The first-order valence-electron chi connectivity index (χ1n) is 6.12. The number of para-hydroxylation sites is 1. The predicted octanol–water partition coefficient (Wildman–Crippen LogP) is 4.58. The molecule has 1 aliphatic heterocycles. The summed E-state index contributed by atoms with van der Waals surface area (Å²) >= 11 is 7.84. The van der Waals surface area contributed by atoms with Crippen molar-refractivity contribution in [3.63, 3.8) is 0 Å². The van der Waals surface area contributed by atoms with E-state index < -0.39 is 0 Å². The molecule has 0 aromatic heterocycles. The first-order valence-corrected chi connectivity index (χ1v) is 7.49. The molecule has 0 radical (unpaired) electrons. The van der Waals surface area contributed by atoms with Gasteiger partial charge in [-0.25, -0.2) is 4.99 Å². The highest BCUT2D eigenvalue weighted by Crippen LogP contribution is 2.29. The second kappa shape index (κ2) is 5.68. The average Bonchev–Trinajstić information content (AvgIpc) is 2.88. The molecular formula is C15H13ClN2S. The Morgan fingerprint density at radius 3 is 2.68 bits per heavy atom. The van der Waals surface area contributed by atoms with Crippen LogP contribution in [0.3, 0.4) is 0 Å². The lowest BCUT2D eigenvalue weighted by molar-refractivity contribution is 1.10. The molecule has 2 aromatic rings. The fraction of sp³-hybridized carbons (Fsp3) is 0.133. The largest absolute Gasteiger partial charge is 0.320 e. The van der Waals surface area contributed by atoms with Crippen LogP contribution in [0, 0.1) is 0 Å². The minimum atomic E-state index is 0.758. The van der Waals surface area contributed by atoms with Crippen molar-refractivity contribution in [1.82, 2.24) is 0 Å². The highest BCUT2D eigenvalue weighted by molar-refractivity contribution is 8.14. The van der Waals surface area contributed by atoms with Crippen LogP contribution in [0.2, 0.25) is 5.02 Å². The lowest BCUT2D eigenvalue weighted by Crippen LogP contribution is -2.23. The van der Waals surface area contributed by atoms with Crippen LogP contribution in [-0.4, -0.2) is 17.5 Å². The Hall–Kier alpha value is -1.45. The standard InChI is InChI=1S/C15H13ClN2S/c16-12-5-4-8-14(11-12)18-9-10-19-15(18)17-13-6-2-1-3-7-13/h1-8,11H,9-10H2. The van der Waals surface area contributed by atoms with Gasteiger partial charge in [-0.05, 0) is 30.3 Å². The van der Waals surface area contributed by atoms with Gasteiger partial charge in [-0.15, -0.1) is 0 Å². The van der Waals surface area contributed by atoms with E-state index in [-0.39, 0.29) is 0 Å².